The minimum absolute atomic E-state index is 0.329. The van der Waals surface area contributed by atoms with Crippen molar-refractivity contribution in [1.29, 1.82) is 0 Å². The van der Waals surface area contributed by atoms with E-state index >= 15 is 0 Å². The third-order valence-corrected chi connectivity index (χ3v) is 2.61. The van der Waals surface area contributed by atoms with E-state index in [-0.39, 0.29) is 0 Å². The maximum absolute atomic E-state index is 5.59. The Balaban J connectivity index is 2.26. The molecule has 1 rings (SSSR count). The molecule has 0 amide bonds. The third kappa shape index (κ3) is 3.25. The molecule has 1 unspecified atom stereocenters. The highest BCUT2D eigenvalue weighted by Crippen LogP contribution is 2.18. The highest BCUT2D eigenvalue weighted by Gasteiger charge is 2.29. The summed E-state index contributed by atoms with van der Waals surface area (Å²) in [6, 6.07) is 0.535. The fourth-order valence-electron chi connectivity index (χ4n) is 1.70. The van der Waals surface area contributed by atoms with Gasteiger partial charge in [0.1, 0.15) is 0 Å². The number of likely N-dealkylation sites (N-methyl/N-ethyl adjacent to an activating group) is 1. The van der Waals surface area contributed by atoms with Crippen molar-refractivity contribution < 1.29 is 9.47 Å². The fourth-order valence-corrected chi connectivity index (χ4v) is 1.70. The topological polar surface area (TPSA) is 21.7 Å². The van der Waals surface area contributed by atoms with Crippen molar-refractivity contribution in [3.05, 3.63) is 0 Å². The van der Waals surface area contributed by atoms with Crippen molar-refractivity contribution in [1.82, 2.24) is 4.90 Å². The predicted molar refractivity (Wildman–Crippen MR) is 52.9 cm³/mol. The number of likely N-dealkylation sites (tertiary alicyclic amines) is 1. The Morgan fingerprint density at radius 3 is 2.62 bits per heavy atom. The Bertz CT molecular complexity index is 150. The van der Waals surface area contributed by atoms with Crippen molar-refractivity contribution >= 4 is 0 Å². The Labute approximate surface area is 81.0 Å². The fraction of sp³-hybridized carbons (Fsp3) is 1.00. The molecule has 1 saturated heterocycles. The van der Waals surface area contributed by atoms with Crippen LogP contribution in [0.5, 0.6) is 0 Å². The number of nitrogens with zero attached hydrogens (tertiary/aromatic N) is 1. The van der Waals surface area contributed by atoms with Gasteiger partial charge in [-0.3, -0.25) is 4.90 Å². The summed E-state index contributed by atoms with van der Waals surface area (Å²) in [7, 11) is 3.91. The molecule has 13 heavy (non-hydrogen) atoms. The van der Waals surface area contributed by atoms with E-state index in [0.717, 1.165) is 19.6 Å². The van der Waals surface area contributed by atoms with Crippen LogP contribution in [0.25, 0.3) is 0 Å². The van der Waals surface area contributed by atoms with E-state index in [4.69, 9.17) is 9.47 Å². The van der Waals surface area contributed by atoms with Crippen LogP contribution >= 0.6 is 0 Å². The summed E-state index contributed by atoms with van der Waals surface area (Å²) in [5.74, 6) is 0. The Kier molecular flexibility index (Phi) is 4.16. The van der Waals surface area contributed by atoms with E-state index in [9.17, 15) is 0 Å². The molecule has 0 N–H and O–H groups in total. The molecule has 1 aliphatic heterocycles. The molecular weight excluding hydrogens is 166 g/mol. The van der Waals surface area contributed by atoms with Crippen LogP contribution in [0.1, 0.15) is 20.3 Å². The van der Waals surface area contributed by atoms with E-state index in [0.29, 0.717) is 18.2 Å². The standard InChI is InChI=1S/C10H21NO2/c1-8(2)13-7-9-5-10(12-4)6-11(9)3/h8-10H,5-7H2,1-4H3/t9?,10-/m1/s1. The summed E-state index contributed by atoms with van der Waals surface area (Å²) in [5, 5.41) is 0. The quantitative estimate of drug-likeness (QED) is 0.658. The normalized spacial score (nSPS) is 30.2. The van der Waals surface area contributed by atoms with Gasteiger partial charge in [0, 0.05) is 19.7 Å². The Morgan fingerprint density at radius 1 is 1.46 bits per heavy atom. The molecule has 0 saturated carbocycles. The van der Waals surface area contributed by atoms with Crippen molar-refractivity contribution in [3.8, 4) is 0 Å². The molecule has 3 heteroatoms. The first-order chi connectivity index (χ1) is 6.13. The Hall–Kier alpha value is -0.120. The van der Waals surface area contributed by atoms with Crippen molar-refractivity contribution in [2.24, 2.45) is 0 Å². The molecule has 1 fully saturated rings. The number of methoxy groups -OCH3 is 1. The van der Waals surface area contributed by atoms with Gasteiger partial charge in [0.25, 0.3) is 0 Å². The molecule has 3 nitrogen and oxygen atoms in total. The van der Waals surface area contributed by atoms with Crippen LogP contribution in [0.15, 0.2) is 0 Å². The van der Waals surface area contributed by atoms with Gasteiger partial charge in [0.05, 0.1) is 18.8 Å². The van der Waals surface area contributed by atoms with Gasteiger partial charge in [-0.05, 0) is 27.3 Å². The lowest BCUT2D eigenvalue weighted by atomic mass is 10.2. The number of rotatable bonds is 4. The van der Waals surface area contributed by atoms with Gasteiger partial charge in [-0.2, -0.15) is 0 Å². The van der Waals surface area contributed by atoms with Gasteiger partial charge in [0.2, 0.25) is 0 Å². The average molecular weight is 187 g/mol. The predicted octanol–water partition coefficient (Wildman–Crippen LogP) is 1.13. The molecule has 0 aromatic heterocycles. The molecular formula is C10H21NO2. The second kappa shape index (κ2) is 4.94. The minimum Gasteiger partial charge on any atom is -0.380 e. The molecule has 0 spiro atoms. The SMILES string of the molecule is CO[C@@H]1CC(COC(C)C)N(C)C1. The summed E-state index contributed by atoms with van der Waals surface area (Å²) in [4.78, 5) is 2.32. The third-order valence-electron chi connectivity index (χ3n) is 2.61. The van der Waals surface area contributed by atoms with Gasteiger partial charge >= 0.3 is 0 Å². The van der Waals surface area contributed by atoms with Gasteiger partial charge in [-0.25, -0.2) is 0 Å². The molecule has 2 atom stereocenters. The van der Waals surface area contributed by atoms with Crippen LogP contribution in [0.4, 0.5) is 0 Å². The monoisotopic (exact) mass is 187 g/mol. The Morgan fingerprint density at radius 2 is 2.15 bits per heavy atom. The van der Waals surface area contributed by atoms with Crippen LogP contribution < -0.4 is 0 Å². The summed E-state index contributed by atoms with van der Waals surface area (Å²) < 4.78 is 10.9. The molecule has 0 aromatic carbocycles. The van der Waals surface area contributed by atoms with Gasteiger partial charge in [-0.1, -0.05) is 0 Å². The second-order valence-electron chi connectivity index (χ2n) is 4.07. The zero-order valence-electron chi connectivity index (χ0n) is 9.12. The van der Waals surface area contributed by atoms with Crippen molar-refractivity contribution in [2.45, 2.75) is 38.5 Å². The van der Waals surface area contributed by atoms with Crippen LogP contribution in [0, 0.1) is 0 Å². The largest absolute Gasteiger partial charge is 0.380 e. The maximum Gasteiger partial charge on any atom is 0.0714 e. The minimum atomic E-state index is 0.329. The smallest absolute Gasteiger partial charge is 0.0714 e. The highest BCUT2D eigenvalue weighted by atomic mass is 16.5. The van der Waals surface area contributed by atoms with Crippen molar-refractivity contribution in [3.63, 3.8) is 0 Å². The van der Waals surface area contributed by atoms with Crippen molar-refractivity contribution in [2.75, 3.05) is 27.3 Å². The maximum atomic E-state index is 5.59. The lowest BCUT2D eigenvalue weighted by Crippen LogP contribution is -2.30. The lowest BCUT2D eigenvalue weighted by molar-refractivity contribution is 0.0425. The second-order valence-corrected chi connectivity index (χ2v) is 4.07. The van der Waals surface area contributed by atoms with Gasteiger partial charge in [-0.15, -0.1) is 0 Å². The summed E-state index contributed by atoms with van der Waals surface area (Å²) in [5.41, 5.74) is 0. The van der Waals surface area contributed by atoms with Gasteiger partial charge < -0.3 is 9.47 Å². The van der Waals surface area contributed by atoms with E-state index in [1.54, 1.807) is 7.11 Å². The summed E-state index contributed by atoms with van der Waals surface area (Å²) in [6.07, 6.45) is 1.82. The first-order valence-corrected chi connectivity index (χ1v) is 4.98. The van der Waals surface area contributed by atoms with Crippen LogP contribution in [-0.2, 0) is 9.47 Å². The molecule has 0 radical (unpaired) electrons. The van der Waals surface area contributed by atoms with Crippen LogP contribution in [0.2, 0.25) is 0 Å². The van der Waals surface area contributed by atoms with E-state index in [1.165, 1.54) is 0 Å². The van der Waals surface area contributed by atoms with Crippen LogP contribution in [0.3, 0.4) is 0 Å². The highest BCUT2D eigenvalue weighted by molar-refractivity contribution is 4.83. The molecule has 0 aliphatic carbocycles. The number of hydrogen-bond acceptors (Lipinski definition) is 3. The molecule has 78 valence electrons. The lowest BCUT2D eigenvalue weighted by Gasteiger charge is -2.19. The molecule has 1 heterocycles. The van der Waals surface area contributed by atoms with Gasteiger partial charge in [0.15, 0.2) is 0 Å². The van der Waals surface area contributed by atoms with Crippen LogP contribution in [-0.4, -0.2) is 50.5 Å². The zero-order valence-corrected chi connectivity index (χ0v) is 9.12. The zero-order chi connectivity index (χ0) is 9.84. The average Bonchev–Trinajstić information content (AvgIpc) is 2.43. The summed E-state index contributed by atoms with van der Waals surface area (Å²) >= 11 is 0. The number of hydrogen-bond donors (Lipinski definition) is 0. The first-order valence-electron chi connectivity index (χ1n) is 4.98. The molecule has 0 aromatic rings. The first kappa shape index (κ1) is 11.0. The van der Waals surface area contributed by atoms with E-state index in [2.05, 4.69) is 25.8 Å². The molecule has 0 bridgehead atoms. The number of ether oxygens (including phenoxy) is 2. The van der Waals surface area contributed by atoms with E-state index < -0.39 is 0 Å². The summed E-state index contributed by atoms with van der Waals surface area (Å²) in [6.45, 7) is 6.00. The van der Waals surface area contributed by atoms with E-state index in [1.807, 2.05) is 0 Å². The molecule has 1 aliphatic rings.